The van der Waals surface area contributed by atoms with E-state index in [-0.39, 0.29) is 9.90 Å². The van der Waals surface area contributed by atoms with Gasteiger partial charge >= 0.3 is 5.97 Å². The molecular weight excluding hydrogens is 309 g/mol. The van der Waals surface area contributed by atoms with Crippen molar-refractivity contribution in [1.29, 1.82) is 0 Å². The second-order valence-corrected chi connectivity index (χ2v) is 6.30. The first-order valence-electron chi connectivity index (χ1n) is 5.25. The topological polar surface area (TPSA) is 50.2 Å². The zero-order valence-corrected chi connectivity index (χ0v) is 12.2. The van der Waals surface area contributed by atoms with E-state index in [0.717, 1.165) is 11.3 Å². The van der Waals surface area contributed by atoms with E-state index in [1.165, 1.54) is 17.8 Å². The molecule has 19 heavy (non-hydrogen) atoms. The quantitative estimate of drug-likeness (QED) is 0.857. The molecule has 0 radical (unpaired) electrons. The van der Waals surface area contributed by atoms with E-state index in [9.17, 15) is 9.18 Å². The van der Waals surface area contributed by atoms with Crippen LogP contribution < -0.4 is 0 Å². The van der Waals surface area contributed by atoms with Crippen LogP contribution in [-0.2, 0) is 5.75 Å². The van der Waals surface area contributed by atoms with Crippen molar-refractivity contribution in [1.82, 2.24) is 4.98 Å². The normalized spacial score (nSPS) is 10.7. The number of halogens is 2. The summed E-state index contributed by atoms with van der Waals surface area (Å²) in [6.45, 7) is 1.65. The zero-order valence-electron chi connectivity index (χ0n) is 9.81. The number of carbonyl (C=O) groups is 1. The molecule has 3 nitrogen and oxygen atoms in total. The maximum Gasteiger partial charge on any atom is 0.347 e. The summed E-state index contributed by atoms with van der Waals surface area (Å²) in [6.07, 6.45) is 0. The minimum Gasteiger partial charge on any atom is -0.477 e. The van der Waals surface area contributed by atoms with Gasteiger partial charge in [-0.3, -0.25) is 0 Å². The third kappa shape index (κ3) is 3.26. The highest BCUT2D eigenvalue weighted by molar-refractivity contribution is 8.00. The highest BCUT2D eigenvalue weighted by atomic mass is 35.5. The third-order valence-corrected chi connectivity index (χ3v) is 5.11. The van der Waals surface area contributed by atoms with Crippen LogP contribution in [0.15, 0.2) is 22.5 Å². The largest absolute Gasteiger partial charge is 0.477 e. The van der Waals surface area contributed by atoms with E-state index in [0.29, 0.717) is 21.3 Å². The minimum absolute atomic E-state index is 0.0988. The number of hydrogen-bond acceptors (Lipinski definition) is 4. The van der Waals surface area contributed by atoms with Gasteiger partial charge in [-0.25, -0.2) is 14.2 Å². The fourth-order valence-electron chi connectivity index (χ4n) is 1.43. The maximum absolute atomic E-state index is 13.2. The molecule has 0 fully saturated rings. The second-order valence-electron chi connectivity index (χ2n) is 3.70. The van der Waals surface area contributed by atoms with Crippen molar-refractivity contribution in [3.8, 4) is 0 Å². The van der Waals surface area contributed by atoms with Crippen molar-refractivity contribution in [3.05, 3.63) is 45.2 Å². The van der Waals surface area contributed by atoms with E-state index in [1.807, 2.05) is 0 Å². The number of aryl methyl sites for hydroxylation is 1. The van der Waals surface area contributed by atoms with Crippen LogP contribution >= 0.6 is 34.7 Å². The molecule has 2 rings (SSSR count). The molecule has 1 aromatic carbocycles. The van der Waals surface area contributed by atoms with E-state index >= 15 is 0 Å². The first-order valence-corrected chi connectivity index (χ1v) is 7.43. The summed E-state index contributed by atoms with van der Waals surface area (Å²) in [4.78, 5) is 15.3. The summed E-state index contributed by atoms with van der Waals surface area (Å²) in [6, 6.07) is 4.62. The lowest BCUT2D eigenvalue weighted by atomic mass is 10.2. The Labute approximate surface area is 122 Å². The Morgan fingerprint density at radius 2 is 2.32 bits per heavy atom. The van der Waals surface area contributed by atoms with Crippen molar-refractivity contribution < 1.29 is 14.3 Å². The molecule has 0 unspecified atom stereocenters. The first kappa shape index (κ1) is 14.3. The fraction of sp³-hybridized carbons (Fsp3) is 0.167. The van der Waals surface area contributed by atoms with Gasteiger partial charge in [0, 0.05) is 5.75 Å². The van der Waals surface area contributed by atoms with E-state index < -0.39 is 11.8 Å². The van der Waals surface area contributed by atoms with Gasteiger partial charge in [0.2, 0.25) is 0 Å². The molecule has 1 heterocycles. The summed E-state index contributed by atoms with van der Waals surface area (Å²) < 4.78 is 13.9. The van der Waals surface area contributed by atoms with Gasteiger partial charge in [0.05, 0.1) is 10.7 Å². The molecule has 2 aromatic rings. The zero-order chi connectivity index (χ0) is 14.0. The fourth-order valence-corrected chi connectivity index (χ4v) is 3.72. The van der Waals surface area contributed by atoms with Gasteiger partial charge in [-0.05, 0) is 18.6 Å². The van der Waals surface area contributed by atoms with Gasteiger partial charge in [-0.1, -0.05) is 35.5 Å². The summed E-state index contributed by atoms with van der Waals surface area (Å²) in [5.74, 6) is -0.991. The molecule has 0 bridgehead atoms. The van der Waals surface area contributed by atoms with Crippen LogP contribution in [0.2, 0.25) is 5.02 Å². The van der Waals surface area contributed by atoms with Crippen molar-refractivity contribution in [2.45, 2.75) is 17.0 Å². The van der Waals surface area contributed by atoms with Gasteiger partial charge in [0.15, 0.2) is 4.34 Å². The van der Waals surface area contributed by atoms with E-state index in [2.05, 4.69) is 4.98 Å². The van der Waals surface area contributed by atoms with Crippen molar-refractivity contribution in [3.63, 3.8) is 0 Å². The number of hydrogen-bond donors (Lipinski definition) is 1. The SMILES string of the molecule is Cc1nc(SCc2cccc(F)c2Cl)sc1C(=O)O. The maximum atomic E-state index is 13.2. The first-order chi connectivity index (χ1) is 8.99. The number of nitrogens with zero attached hydrogens (tertiary/aromatic N) is 1. The van der Waals surface area contributed by atoms with E-state index in [1.54, 1.807) is 19.1 Å². The Morgan fingerprint density at radius 3 is 2.95 bits per heavy atom. The second kappa shape index (κ2) is 5.90. The average molecular weight is 318 g/mol. The summed E-state index contributed by atoms with van der Waals surface area (Å²) in [7, 11) is 0. The average Bonchev–Trinajstić information content (AvgIpc) is 2.73. The van der Waals surface area contributed by atoms with Gasteiger partial charge in [-0.2, -0.15) is 0 Å². The van der Waals surface area contributed by atoms with Gasteiger partial charge < -0.3 is 5.11 Å². The van der Waals surface area contributed by atoms with E-state index in [4.69, 9.17) is 16.7 Å². The smallest absolute Gasteiger partial charge is 0.347 e. The monoisotopic (exact) mass is 317 g/mol. The van der Waals surface area contributed by atoms with Crippen LogP contribution in [0.1, 0.15) is 20.9 Å². The minimum atomic E-state index is -0.981. The molecule has 1 N–H and O–H groups in total. The Hall–Kier alpha value is -1.11. The Balaban J connectivity index is 2.13. The lowest BCUT2D eigenvalue weighted by Crippen LogP contribution is -1.94. The van der Waals surface area contributed by atoms with Crippen molar-refractivity contribution in [2.24, 2.45) is 0 Å². The highest BCUT2D eigenvalue weighted by Crippen LogP contribution is 2.32. The molecule has 0 aliphatic carbocycles. The highest BCUT2D eigenvalue weighted by Gasteiger charge is 2.15. The number of aromatic carboxylic acids is 1. The number of thioether (sulfide) groups is 1. The number of carboxylic acids is 1. The van der Waals surface area contributed by atoms with Crippen LogP contribution in [0.5, 0.6) is 0 Å². The number of benzene rings is 1. The third-order valence-electron chi connectivity index (χ3n) is 2.35. The molecule has 0 saturated heterocycles. The number of rotatable bonds is 4. The van der Waals surface area contributed by atoms with Crippen LogP contribution in [0.3, 0.4) is 0 Å². The summed E-state index contributed by atoms with van der Waals surface area (Å²) in [5.41, 5.74) is 1.15. The number of carboxylic acid groups (broad SMARTS) is 1. The van der Waals surface area contributed by atoms with Crippen LogP contribution in [0, 0.1) is 12.7 Å². The standard InChI is InChI=1S/C12H9ClFNO2S2/c1-6-10(11(16)17)19-12(15-6)18-5-7-3-2-4-8(14)9(7)13/h2-4H,5H2,1H3,(H,16,17). The molecular formula is C12H9ClFNO2S2. The van der Waals surface area contributed by atoms with Crippen LogP contribution in [0.4, 0.5) is 4.39 Å². The lowest BCUT2D eigenvalue weighted by Gasteiger charge is -2.02. The lowest BCUT2D eigenvalue weighted by molar-refractivity contribution is 0.0701. The molecule has 0 atom stereocenters. The number of aromatic nitrogens is 1. The summed E-state index contributed by atoms with van der Waals surface area (Å²) in [5, 5.41) is 9.03. The Morgan fingerprint density at radius 1 is 1.58 bits per heavy atom. The van der Waals surface area contributed by atoms with Gasteiger partial charge in [0.1, 0.15) is 10.7 Å². The summed E-state index contributed by atoms with van der Waals surface area (Å²) >= 11 is 8.30. The van der Waals surface area contributed by atoms with Gasteiger partial charge in [-0.15, -0.1) is 11.3 Å². The molecule has 0 saturated carbocycles. The molecule has 100 valence electrons. The molecule has 0 aliphatic rings. The van der Waals surface area contributed by atoms with Crippen LogP contribution in [-0.4, -0.2) is 16.1 Å². The molecule has 0 amide bonds. The molecule has 7 heteroatoms. The van der Waals surface area contributed by atoms with Gasteiger partial charge in [0.25, 0.3) is 0 Å². The van der Waals surface area contributed by atoms with Crippen molar-refractivity contribution in [2.75, 3.05) is 0 Å². The number of thiazole rings is 1. The molecule has 0 aliphatic heterocycles. The predicted molar refractivity (Wildman–Crippen MR) is 74.8 cm³/mol. The predicted octanol–water partition coefficient (Wildman–Crippen LogP) is 4.23. The molecule has 1 aromatic heterocycles. The Bertz CT molecular complexity index is 630. The Kier molecular flexibility index (Phi) is 4.44. The molecule has 0 spiro atoms. The van der Waals surface area contributed by atoms with Crippen molar-refractivity contribution >= 4 is 40.7 Å². The van der Waals surface area contributed by atoms with Crippen LogP contribution in [0.25, 0.3) is 0 Å².